The maximum absolute atomic E-state index is 12.8. The van der Waals surface area contributed by atoms with Crippen molar-refractivity contribution in [1.82, 2.24) is 14.7 Å². The predicted molar refractivity (Wildman–Crippen MR) is 89.1 cm³/mol. The molecule has 0 bridgehead atoms. The van der Waals surface area contributed by atoms with Gasteiger partial charge in [0.25, 0.3) is 0 Å². The van der Waals surface area contributed by atoms with Gasteiger partial charge in [-0.1, -0.05) is 12.8 Å². The Morgan fingerprint density at radius 1 is 1.43 bits per heavy atom. The molecule has 2 saturated heterocycles. The Morgan fingerprint density at radius 2 is 2.22 bits per heavy atom. The van der Waals surface area contributed by atoms with E-state index in [1.54, 1.807) is 22.9 Å². The van der Waals surface area contributed by atoms with E-state index in [0.29, 0.717) is 18.2 Å². The second kappa shape index (κ2) is 5.54. The first-order chi connectivity index (χ1) is 11.1. The van der Waals surface area contributed by atoms with Gasteiger partial charge in [-0.25, -0.2) is 4.68 Å². The van der Waals surface area contributed by atoms with Crippen molar-refractivity contribution in [3.63, 3.8) is 0 Å². The summed E-state index contributed by atoms with van der Waals surface area (Å²) in [5.41, 5.74) is 0. The van der Waals surface area contributed by atoms with E-state index in [9.17, 15) is 9.59 Å². The van der Waals surface area contributed by atoms with Crippen LogP contribution in [0.1, 0.15) is 51.5 Å². The van der Waals surface area contributed by atoms with Crippen LogP contribution in [0.3, 0.4) is 0 Å². The minimum Gasteiger partial charge on any atom is -0.315 e. The Kier molecular flexibility index (Phi) is 3.63. The SMILES string of the molecule is CC12CCC(=O)N1C(C(=O)Nc1ccnn1C1CCCC1)CS2. The zero-order valence-electron chi connectivity index (χ0n) is 13.3. The lowest BCUT2D eigenvalue weighted by atomic mass is 10.2. The normalized spacial score (nSPS) is 30.9. The van der Waals surface area contributed by atoms with Crippen molar-refractivity contribution in [2.24, 2.45) is 0 Å². The summed E-state index contributed by atoms with van der Waals surface area (Å²) in [6.45, 7) is 2.07. The zero-order chi connectivity index (χ0) is 16.0. The quantitative estimate of drug-likeness (QED) is 0.922. The molecule has 4 rings (SSSR count). The van der Waals surface area contributed by atoms with Gasteiger partial charge < -0.3 is 10.2 Å². The number of carbonyl (C=O) groups is 2. The molecule has 2 aliphatic heterocycles. The van der Waals surface area contributed by atoms with Gasteiger partial charge in [0.2, 0.25) is 11.8 Å². The number of fused-ring (bicyclic) bond motifs is 1. The fraction of sp³-hybridized carbons (Fsp3) is 0.688. The molecular formula is C16H22N4O2S. The first-order valence-electron chi connectivity index (χ1n) is 8.39. The predicted octanol–water partition coefficient (Wildman–Crippen LogP) is 2.39. The number of amides is 2. The molecule has 0 radical (unpaired) electrons. The van der Waals surface area contributed by atoms with Crippen LogP contribution in [-0.2, 0) is 9.59 Å². The van der Waals surface area contributed by atoms with Gasteiger partial charge in [0.05, 0.1) is 17.1 Å². The highest BCUT2D eigenvalue weighted by Crippen LogP contribution is 2.47. The van der Waals surface area contributed by atoms with E-state index in [1.165, 1.54) is 12.8 Å². The summed E-state index contributed by atoms with van der Waals surface area (Å²) in [4.78, 5) is 26.5. The largest absolute Gasteiger partial charge is 0.315 e. The second-order valence-corrected chi connectivity index (χ2v) is 8.36. The summed E-state index contributed by atoms with van der Waals surface area (Å²) in [6.07, 6.45) is 7.80. The van der Waals surface area contributed by atoms with Crippen LogP contribution in [0.2, 0.25) is 0 Å². The Hall–Kier alpha value is -1.50. The fourth-order valence-electron chi connectivity index (χ4n) is 4.08. The number of aromatic nitrogens is 2. The Morgan fingerprint density at radius 3 is 3.00 bits per heavy atom. The van der Waals surface area contributed by atoms with Crippen LogP contribution < -0.4 is 5.32 Å². The summed E-state index contributed by atoms with van der Waals surface area (Å²) < 4.78 is 1.94. The van der Waals surface area contributed by atoms with Crippen LogP contribution in [0.5, 0.6) is 0 Å². The lowest BCUT2D eigenvalue weighted by Crippen LogP contribution is -2.48. The van der Waals surface area contributed by atoms with E-state index >= 15 is 0 Å². The van der Waals surface area contributed by atoms with Crippen molar-refractivity contribution in [1.29, 1.82) is 0 Å². The lowest BCUT2D eigenvalue weighted by Gasteiger charge is -2.30. The van der Waals surface area contributed by atoms with Crippen LogP contribution in [0.25, 0.3) is 0 Å². The van der Waals surface area contributed by atoms with Gasteiger partial charge in [0.15, 0.2) is 0 Å². The molecule has 1 N–H and O–H groups in total. The summed E-state index contributed by atoms with van der Waals surface area (Å²) in [5.74, 6) is 1.44. The van der Waals surface area contributed by atoms with E-state index in [1.807, 2.05) is 10.7 Å². The van der Waals surface area contributed by atoms with Gasteiger partial charge in [-0.15, -0.1) is 11.8 Å². The van der Waals surface area contributed by atoms with Crippen LogP contribution in [0.15, 0.2) is 12.3 Å². The first-order valence-corrected chi connectivity index (χ1v) is 9.37. The van der Waals surface area contributed by atoms with E-state index < -0.39 is 0 Å². The Labute approximate surface area is 140 Å². The molecular weight excluding hydrogens is 312 g/mol. The number of thioether (sulfide) groups is 1. The van der Waals surface area contributed by atoms with Crippen LogP contribution >= 0.6 is 11.8 Å². The molecule has 2 unspecified atom stereocenters. The van der Waals surface area contributed by atoms with Crippen molar-refractivity contribution in [3.8, 4) is 0 Å². The highest BCUT2D eigenvalue weighted by molar-refractivity contribution is 8.01. The summed E-state index contributed by atoms with van der Waals surface area (Å²) in [5, 5.41) is 7.40. The molecule has 23 heavy (non-hydrogen) atoms. The van der Waals surface area contributed by atoms with Crippen LogP contribution in [0, 0.1) is 0 Å². The molecule has 2 amide bonds. The van der Waals surface area contributed by atoms with Crippen molar-refractivity contribution >= 4 is 29.4 Å². The molecule has 3 fully saturated rings. The van der Waals surface area contributed by atoms with E-state index in [2.05, 4.69) is 17.3 Å². The zero-order valence-corrected chi connectivity index (χ0v) is 14.1. The number of nitrogens with one attached hydrogen (secondary N) is 1. The summed E-state index contributed by atoms with van der Waals surface area (Å²) in [7, 11) is 0. The minimum atomic E-state index is -0.369. The maximum atomic E-state index is 12.8. The van der Waals surface area contributed by atoms with Crippen LogP contribution in [-0.4, -0.2) is 43.2 Å². The van der Waals surface area contributed by atoms with Crippen molar-refractivity contribution in [2.45, 2.75) is 62.4 Å². The first kappa shape index (κ1) is 15.1. The van der Waals surface area contributed by atoms with Gasteiger partial charge in [-0.05, 0) is 26.2 Å². The summed E-state index contributed by atoms with van der Waals surface area (Å²) in [6, 6.07) is 1.87. The molecule has 7 heteroatoms. The molecule has 3 aliphatic rings. The molecule has 1 aromatic heterocycles. The monoisotopic (exact) mass is 334 g/mol. The third-order valence-corrected chi connectivity index (χ3v) is 6.84. The highest BCUT2D eigenvalue weighted by atomic mass is 32.2. The topological polar surface area (TPSA) is 67.2 Å². The molecule has 0 aromatic carbocycles. The van der Waals surface area contributed by atoms with Crippen molar-refractivity contribution in [3.05, 3.63) is 12.3 Å². The van der Waals surface area contributed by atoms with Gasteiger partial charge in [0.1, 0.15) is 11.9 Å². The molecule has 1 aliphatic carbocycles. The van der Waals surface area contributed by atoms with E-state index in [4.69, 9.17) is 0 Å². The molecule has 1 saturated carbocycles. The van der Waals surface area contributed by atoms with Gasteiger partial charge >= 0.3 is 0 Å². The standard InChI is InChI=1S/C16H22N4O2S/c1-16-8-6-14(21)19(16)12(10-23-16)15(22)18-13-7-9-17-20(13)11-4-2-3-5-11/h7,9,11-12H,2-6,8,10H2,1H3,(H,18,22). The van der Waals surface area contributed by atoms with Gasteiger partial charge in [-0.2, -0.15) is 5.10 Å². The average Bonchev–Trinajstić information content (AvgIpc) is 3.25. The van der Waals surface area contributed by atoms with Crippen LogP contribution in [0.4, 0.5) is 5.82 Å². The lowest BCUT2D eigenvalue weighted by molar-refractivity contribution is -0.135. The van der Waals surface area contributed by atoms with Crippen molar-refractivity contribution < 1.29 is 9.59 Å². The highest BCUT2D eigenvalue weighted by Gasteiger charge is 2.52. The average molecular weight is 334 g/mol. The third-order valence-electron chi connectivity index (χ3n) is 5.34. The van der Waals surface area contributed by atoms with E-state index in [-0.39, 0.29) is 22.7 Å². The van der Waals surface area contributed by atoms with Gasteiger partial charge in [0, 0.05) is 18.2 Å². The molecule has 3 heterocycles. The number of carbonyl (C=O) groups excluding carboxylic acids is 2. The second-order valence-electron chi connectivity index (χ2n) is 6.85. The summed E-state index contributed by atoms with van der Waals surface area (Å²) >= 11 is 1.72. The number of hydrogen-bond donors (Lipinski definition) is 1. The molecule has 1 aromatic rings. The Balaban J connectivity index is 1.51. The molecule has 124 valence electrons. The minimum absolute atomic E-state index is 0.0868. The molecule has 6 nitrogen and oxygen atoms in total. The molecule has 0 spiro atoms. The third kappa shape index (κ3) is 2.45. The number of rotatable bonds is 3. The maximum Gasteiger partial charge on any atom is 0.249 e. The number of anilines is 1. The van der Waals surface area contributed by atoms with E-state index in [0.717, 1.165) is 25.1 Å². The number of hydrogen-bond acceptors (Lipinski definition) is 4. The fourth-order valence-corrected chi connectivity index (χ4v) is 5.51. The molecule has 2 atom stereocenters. The smallest absolute Gasteiger partial charge is 0.249 e. The van der Waals surface area contributed by atoms with Gasteiger partial charge in [-0.3, -0.25) is 9.59 Å². The Bertz CT molecular complexity index is 640. The van der Waals surface area contributed by atoms with Crippen molar-refractivity contribution in [2.75, 3.05) is 11.1 Å². The number of nitrogens with zero attached hydrogens (tertiary/aromatic N) is 3.